The minimum absolute atomic E-state index is 0.207. The third-order valence-electron chi connectivity index (χ3n) is 3.76. The van der Waals surface area contributed by atoms with Crippen molar-refractivity contribution >= 4 is 39.9 Å². The maximum atomic E-state index is 12.4. The number of fused-ring (bicyclic) bond motifs is 1. The van der Waals surface area contributed by atoms with Crippen LogP contribution in [0.4, 0.5) is 5.69 Å². The molecule has 0 unspecified atom stereocenters. The van der Waals surface area contributed by atoms with Gasteiger partial charge in [0.15, 0.2) is 0 Å². The number of halogens is 1. The van der Waals surface area contributed by atoms with Gasteiger partial charge in [0.2, 0.25) is 11.8 Å². The van der Waals surface area contributed by atoms with Crippen LogP contribution >= 0.6 is 11.6 Å². The predicted molar refractivity (Wildman–Crippen MR) is 96.3 cm³/mol. The minimum Gasteiger partial charge on any atom is -0.366 e. The molecule has 0 radical (unpaired) electrons. The number of carbonyl (C=O) groups excluding carboxylic acids is 2. The van der Waals surface area contributed by atoms with Crippen molar-refractivity contribution in [2.75, 3.05) is 5.32 Å². The monoisotopic (exact) mass is 338 g/mol. The van der Waals surface area contributed by atoms with E-state index < -0.39 is 5.91 Å². The van der Waals surface area contributed by atoms with Crippen LogP contribution in [0.15, 0.2) is 60.7 Å². The Hall–Kier alpha value is -2.85. The molecule has 0 saturated heterocycles. The van der Waals surface area contributed by atoms with Gasteiger partial charge < -0.3 is 11.1 Å². The zero-order valence-corrected chi connectivity index (χ0v) is 13.5. The van der Waals surface area contributed by atoms with Gasteiger partial charge in [0.1, 0.15) is 0 Å². The quantitative estimate of drug-likeness (QED) is 0.760. The normalized spacial score (nSPS) is 10.5. The molecule has 0 atom stereocenters. The highest BCUT2D eigenvalue weighted by Gasteiger charge is 2.11. The number of anilines is 1. The molecule has 0 aliphatic heterocycles. The average molecular weight is 339 g/mol. The topological polar surface area (TPSA) is 72.2 Å². The fraction of sp³-hybridized carbons (Fsp3) is 0.0526. The van der Waals surface area contributed by atoms with Gasteiger partial charge >= 0.3 is 0 Å². The maximum Gasteiger partial charge on any atom is 0.248 e. The van der Waals surface area contributed by atoms with Crippen molar-refractivity contribution in [1.82, 2.24) is 0 Å². The van der Waals surface area contributed by atoms with Crippen LogP contribution in [0.3, 0.4) is 0 Å². The molecule has 0 aliphatic rings. The van der Waals surface area contributed by atoms with Crippen LogP contribution in [0.2, 0.25) is 5.02 Å². The second-order valence-electron chi connectivity index (χ2n) is 5.42. The Morgan fingerprint density at radius 2 is 1.75 bits per heavy atom. The third kappa shape index (κ3) is 3.39. The maximum absolute atomic E-state index is 12.4. The van der Waals surface area contributed by atoms with E-state index >= 15 is 0 Å². The lowest BCUT2D eigenvalue weighted by Crippen LogP contribution is -2.16. The molecule has 0 saturated carbocycles. The first-order valence-corrected chi connectivity index (χ1v) is 7.78. The number of benzene rings is 3. The van der Waals surface area contributed by atoms with Crippen molar-refractivity contribution in [2.24, 2.45) is 5.73 Å². The van der Waals surface area contributed by atoms with Gasteiger partial charge in [-0.3, -0.25) is 9.59 Å². The molecular formula is C19H15ClN2O2. The molecular weight excluding hydrogens is 324 g/mol. The van der Waals surface area contributed by atoms with Crippen LogP contribution in [-0.4, -0.2) is 11.8 Å². The van der Waals surface area contributed by atoms with Gasteiger partial charge in [-0.1, -0.05) is 54.1 Å². The molecule has 3 aromatic rings. The first kappa shape index (κ1) is 16.0. The van der Waals surface area contributed by atoms with Crippen molar-refractivity contribution in [3.63, 3.8) is 0 Å². The van der Waals surface area contributed by atoms with Gasteiger partial charge in [-0.25, -0.2) is 0 Å². The average Bonchev–Trinajstić information content (AvgIpc) is 2.57. The van der Waals surface area contributed by atoms with Crippen LogP contribution in [-0.2, 0) is 11.2 Å². The smallest absolute Gasteiger partial charge is 0.248 e. The number of primary amides is 1. The number of amides is 2. The first-order chi connectivity index (χ1) is 11.5. The van der Waals surface area contributed by atoms with Crippen LogP contribution in [0.1, 0.15) is 15.9 Å². The van der Waals surface area contributed by atoms with Crippen LogP contribution < -0.4 is 11.1 Å². The summed E-state index contributed by atoms with van der Waals surface area (Å²) in [5, 5.41) is 5.21. The molecule has 120 valence electrons. The van der Waals surface area contributed by atoms with E-state index in [1.807, 2.05) is 42.5 Å². The summed E-state index contributed by atoms with van der Waals surface area (Å²) in [6.45, 7) is 0. The zero-order chi connectivity index (χ0) is 17.1. The van der Waals surface area contributed by atoms with Crippen LogP contribution in [0.5, 0.6) is 0 Å². The molecule has 0 spiro atoms. The second kappa shape index (κ2) is 6.72. The molecule has 2 amide bonds. The van der Waals surface area contributed by atoms with E-state index in [1.165, 1.54) is 18.2 Å². The molecule has 0 bridgehead atoms. The van der Waals surface area contributed by atoms with Gasteiger partial charge in [0.05, 0.1) is 17.1 Å². The van der Waals surface area contributed by atoms with E-state index in [2.05, 4.69) is 5.32 Å². The standard InChI is InChI=1S/C19H15ClN2O2/c20-16-9-8-14(19(21)24)10-17(16)22-18(23)11-13-6-3-5-12-4-1-2-7-15(12)13/h1-10H,11H2,(H2,21,24)(H,22,23). The molecule has 0 heterocycles. The number of rotatable bonds is 4. The van der Waals surface area contributed by atoms with Gasteiger partial charge in [-0.15, -0.1) is 0 Å². The van der Waals surface area contributed by atoms with E-state index in [0.29, 0.717) is 16.3 Å². The Bertz CT molecular complexity index is 932. The van der Waals surface area contributed by atoms with E-state index in [4.69, 9.17) is 17.3 Å². The molecule has 24 heavy (non-hydrogen) atoms. The summed E-state index contributed by atoms with van der Waals surface area (Å²) in [7, 11) is 0. The van der Waals surface area contributed by atoms with Crippen molar-refractivity contribution in [2.45, 2.75) is 6.42 Å². The van der Waals surface area contributed by atoms with Crippen molar-refractivity contribution < 1.29 is 9.59 Å². The Morgan fingerprint density at radius 3 is 2.54 bits per heavy atom. The highest BCUT2D eigenvalue weighted by molar-refractivity contribution is 6.33. The highest BCUT2D eigenvalue weighted by Crippen LogP contribution is 2.24. The fourth-order valence-corrected chi connectivity index (χ4v) is 2.75. The number of hydrogen-bond donors (Lipinski definition) is 2. The van der Waals surface area contributed by atoms with Crippen LogP contribution in [0, 0.1) is 0 Å². The number of carbonyl (C=O) groups is 2. The SMILES string of the molecule is NC(=O)c1ccc(Cl)c(NC(=O)Cc2cccc3ccccc23)c1. The van der Waals surface area contributed by atoms with Gasteiger partial charge in [0.25, 0.3) is 0 Å². The fourth-order valence-electron chi connectivity index (χ4n) is 2.59. The van der Waals surface area contributed by atoms with Crippen molar-refractivity contribution in [3.05, 3.63) is 76.8 Å². The minimum atomic E-state index is -0.573. The summed E-state index contributed by atoms with van der Waals surface area (Å²) in [6.07, 6.45) is 0.207. The first-order valence-electron chi connectivity index (χ1n) is 7.40. The van der Waals surface area contributed by atoms with Gasteiger partial charge in [-0.2, -0.15) is 0 Å². The zero-order valence-electron chi connectivity index (χ0n) is 12.8. The number of nitrogens with one attached hydrogen (secondary N) is 1. The van der Waals surface area contributed by atoms with E-state index in [1.54, 1.807) is 0 Å². The summed E-state index contributed by atoms with van der Waals surface area (Å²) in [5.74, 6) is -0.786. The van der Waals surface area contributed by atoms with Crippen molar-refractivity contribution in [3.8, 4) is 0 Å². The highest BCUT2D eigenvalue weighted by atomic mass is 35.5. The lowest BCUT2D eigenvalue weighted by Gasteiger charge is -2.10. The second-order valence-corrected chi connectivity index (χ2v) is 5.83. The summed E-state index contributed by atoms with van der Waals surface area (Å²) < 4.78 is 0. The predicted octanol–water partition coefficient (Wildman–Crippen LogP) is 3.77. The lowest BCUT2D eigenvalue weighted by atomic mass is 10.0. The molecule has 3 rings (SSSR count). The van der Waals surface area contributed by atoms with Gasteiger partial charge in [-0.05, 0) is 34.5 Å². The third-order valence-corrected chi connectivity index (χ3v) is 4.09. The van der Waals surface area contributed by atoms with Gasteiger partial charge in [0, 0.05) is 5.56 Å². The summed E-state index contributed by atoms with van der Waals surface area (Å²) in [5.41, 5.74) is 6.84. The molecule has 3 N–H and O–H groups in total. The molecule has 5 heteroatoms. The molecule has 0 fully saturated rings. The molecule has 4 nitrogen and oxygen atoms in total. The Kier molecular flexibility index (Phi) is 4.49. The Balaban J connectivity index is 1.83. The molecule has 3 aromatic carbocycles. The number of hydrogen-bond acceptors (Lipinski definition) is 2. The van der Waals surface area contributed by atoms with Crippen molar-refractivity contribution in [1.29, 1.82) is 0 Å². The molecule has 0 aromatic heterocycles. The van der Waals surface area contributed by atoms with E-state index in [9.17, 15) is 9.59 Å². The van der Waals surface area contributed by atoms with Crippen LogP contribution in [0.25, 0.3) is 10.8 Å². The summed E-state index contributed by atoms with van der Waals surface area (Å²) >= 11 is 6.08. The Labute approximate surface area is 144 Å². The number of nitrogens with two attached hydrogens (primary N) is 1. The summed E-state index contributed by atoms with van der Waals surface area (Å²) in [4.78, 5) is 23.6. The molecule has 0 aliphatic carbocycles. The largest absolute Gasteiger partial charge is 0.366 e. The Morgan fingerprint density at radius 1 is 1.00 bits per heavy atom. The summed E-state index contributed by atoms with van der Waals surface area (Å²) in [6, 6.07) is 18.3. The lowest BCUT2D eigenvalue weighted by molar-refractivity contribution is -0.115. The van der Waals surface area contributed by atoms with E-state index in [0.717, 1.165) is 16.3 Å². The van der Waals surface area contributed by atoms with E-state index in [-0.39, 0.29) is 12.3 Å².